The maximum absolute atomic E-state index is 13.5. The molecule has 1 saturated heterocycles. The van der Waals surface area contributed by atoms with Crippen LogP contribution in [0.3, 0.4) is 0 Å². The van der Waals surface area contributed by atoms with Crippen molar-refractivity contribution in [2.75, 3.05) is 13.1 Å². The van der Waals surface area contributed by atoms with Gasteiger partial charge in [-0.2, -0.15) is 0 Å². The molecular weight excluding hydrogens is 181 g/mol. The molecule has 2 nitrogen and oxygen atoms in total. The first-order chi connectivity index (χ1) is 6.77. The Morgan fingerprint density at radius 2 is 2.36 bits per heavy atom. The smallest absolute Gasteiger partial charge is 0.167 e. The highest BCUT2D eigenvalue weighted by Gasteiger charge is 2.17. The summed E-state index contributed by atoms with van der Waals surface area (Å²) in [5.41, 5.74) is 0.633. The van der Waals surface area contributed by atoms with Crippen LogP contribution in [-0.4, -0.2) is 19.2 Å². The number of hydrogen-bond donors (Lipinski definition) is 1. The van der Waals surface area contributed by atoms with Gasteiger partial charge in [-0.25, -0.2) is 4.39 Å². The van der Waals surface area contributed by atoms with Crippen LogP contribution in [0.4, 0.5) is 4.39 Å². The van der Waals surface area contributed by atoms with Crippen LogP contribution in [0, 0.1) is 12.7 Å². The highest BCUT2D eigenvalue weighted by molar-refractivity contribution is 5.30. The molecule has 1 aliphatic rings. The second kappa shape index (κ2) is 3.96. The monoisotopic (exact) mass is 195 g/mol. The van der Waals surface area contributed by atoms with Crippen molar-refractivity contribution in [2.24, 2.45) is 0 Å². The van der Waals surface area contributed by atoms with Gasteiger partial charge in [0.15, 0.2) is 11.6 Å². The summed E-state index contributed by atoms with van der Waals surface area (Å²) in [7, 11) is 0. The average molecular weight is 195 g/mol. The third-order valence-corrected chi connectivity index (χ3v) is 2.47. The van der Waals surface area contributed by atoms with Gasteiger partial charge in [0, 0.05) is 6.54 Å². The standard InChI is InChI=1S/C11H14FNO/c1-8-3-2-4-10(11(8)12)14-9-5-6-13-7-9/h2-4,9,13H,5-7H2,1H3. The molecule has 0 spiro atoms. The van der Waals surface area contributed by atoms with Gasteiger partial charge in [-0.3, -0.25) is 0 Å². The van der Waals surface area contributed by atoms with Gasteiger partial charge in [0.25, 0.3) is 0 Å². The summed E-state index contributed by atoms with van der Waals surface area (Å²) >= 11 is 0. The number of aryl methyl sites for hydroxylation is 1. The molecular formula is C11H14FNO. The molecule has 3 heteroatoms. The van der Waals surface area contributed by atoms with Crippen molar-refractivity contribution in [3.05, 3.63) is 29.6 Å². The first kappa shape index (κ1) is 9.46. The van der Waals surface area contributed by atoms with E-state index < -0.39 is 0 Å². The number of halogens is 1. The Kier molecular flexibility index (Phi) is 2.68. The summed E-state index contributed by atoms with van der Waals surface area (Å²) in [5.74, 6) is 0.137. The molecule has 0 aromatic heterocycles. The Hall–Kier alpha value is -1.09. The van der Waals surface area contributed by atoms with Crippen LogP contribution in [0.15, 0.2) is 18.2 Å². The van der Waals surface area contributed by atoms with Crippen molar-refractivity contribution >= 4 is 0 Å². The zero-order valence-corrected chi connectivity index (χ0v) is 8.22. The molecule has 1 unspecified atom stereocenters. The molecule has 0 bridgehead atoms. The molecule has 1 atom stereocenters. The molecule has 0 saturated carbocycles. The molecule has 1 aromatic carbocycles. The van der Waals surface area contributed by atoms with E-state index in [4.69, 9.17) is 4.74 Å². The maximum atomic E-state index is 13.5. The van der Waals surface area contributed by atoms with E-state index >= 15 is 0 Å². The van der Waals surface area contributed by atoms with E-state index in [1.807, 2.05) is 6.07 Å². The second-order valence-electron chi connectivity index (χ2n) is 3.62. The van der Waals surface area contributed by atoms with Crippen LogP contribution in [0.2, 0.25) is 0 Å². The van der Waals surface area contributed by atoms with E-state index in [9.17, 15) is 4.39 Å². The Morgan fingerprint density at radius 3 is 3.07 bits per heavy atom. The lowest BCUT2D eigenvalue weighted by atomic mass is 10.2. The summed E-state index contributed by atoms with van der Waals surface area (Å²) < 4.78 is 19.1. The van der Waals surface area contributed by atoms with Crippen LogP contribution in [0.5, 0.6) is 5.75 Å². The van der Waals surface area contributed by atoms with E-state index in [1.54, 1.807) is 19.1 Å². The number of hydrogen-bond acceptors (Lipinski definition) is 2. The summed E-state index contributed by atoms with van der Waals surface area (Å²) in [6.07, 6.45) is 1.07. The van der Waals surface area contributed by atoms with Gasteiger partial charge in [0.2, 0.25) is 0 Å². The van der Waals surface area contributed by atoms with Gasteiger partial charge in [-0.15, -0.1) is 0 Å². The summed E-state index contributed by atoms with van der Waals surface area (Å²) in [5, 5.41) is 3.18. The summed E-state index contributed by atoms with van der Waals surface area (Å²) in [4.78, 5) is 0. The van der Waals surface area contributed by atoms with Gasteiger partial charge < -0.3 is 10.1 Å². The van der Waals surface area contributed by atoms with E-state index in [-0.39, 0.29) is 11.9 Å². The maximum Gasteiger partial charge on any atom is 0.167 e. The minimum Gasteiger partial charge on any atom is -0.486 e. The predicted octanol–water partition coefficient (Wildman–Crippen LogP) is 1.87. The molecule has 1 aliphatic heterocycles. The lowest BCUT2D eigenvalue weighted by molar-refractivity contribution is 0.212. The molecule has 1 fully saturated rings. The molecule has 1 heterocycles. The van der Waals surface area contributed by atoms with Crippen LogP contribution in [-0.2, 0) is 0 Å². The molecule has 1 N–H and O–H groups in total. The Labute approximate surface area is 83.1 Å². The number of nitrogens with one attached hydrogen (secondary N) is 1. The minimum absolute atomic E-state index is 0.117. The third-order valence-electron chi connectivity index (χ3n) is 2.47. The van der Waals surface area contributed by atoms with Crippen LogP contribution < -0.4 is 10.1 Å². The normalized spacial score (nSPS) is 21.1. The summed E-state index contributed by atoms with van der Waals surface area (Å²) in [6, 6.07) is 5.24. The van der Waals surface area contributed by atoms with Crippen molar-refractivity contribution in [1.29, 1.82) is 0 Å². The fourth-order valence-electron chi connectivity index (χ4n) is 1.62. The highest BCUT2D eigenvalue weighted by Crippen LogP contribution is 2.21. The molecule has 76 valence electrons. The predicted molar refractivity (Wildman–Crippen MR) is 53.0 cm³/mol. The fourth-order valence-corrected chi connectivity index (χ4v) is 1.62. The molecule has 1 aromatic rings. The quantitative estimate of drug-likeness (QED) is 0.778. The Bertz CT molecular complexity index is 321. The molecule has 0 radical (unpaired) electrons. The van der Waals surface area contributed by atoms with Crippen molar-refractivity contribution in [3.8, 4) is 5.75 Å². The Morgan fingerprint density at radius 1 is 1.50 bits per heavy atom. The van der Waals surface area contributed by atoms with Crippen LogP contribution in [0.1, 0.15) is 12.0 Å². The molecule has 0 aliphatic carbocycles. The first-order valence-electron chi connectivity index (χ1n) is 4.90. The molecule has 0 amide bonds. The zero-order chi connectivity index (χ0) is 9.97. The van der Waals surface area contributed by atoms with Gasteiger partial charge in [-0.05, 0) is 31.5 Å². The number of rotatable bonds is 2. The third kappa shape index (κ3) is 1.87. The lowest BCUT2D eigenvalue weighted by Crippen LogP contribution is -2.20. The van der Waals surface area contributed by atoms with Crippen LogP contribution in [0.25, 0.3) is 0 Å². The number of benzene rings is 1. The molecule has 14 heavy (non-hydrogen) atoms. The minimum atomic E-state index is -0.237. The van der Waals surface area contributed by atoms with Crippen molar-refractivity contribution < 1.29 is 9.13 Å². The van der Waals surface area contributed by atoms with E-state index in [1.165, 1.54) is 0 Å². The van der Waals surface area contributed by atoms with Gasteiger partial charge >= 0.3 is 0 Å². The topological polar surface area (TPSA) is 21.3 Å². The zero-order valence-electron chi connectivity index (χ0n) is 8.22. The fraction of sp³-hybridized carbons (Fsp3) is 0.455. The van der Waals surface area contributed by atoms with Crippen molar-refractivity contribution in [1.82, 2.24) is 5.32 Å². The van der Waals surface area contributed by atoms with E-state index in [0.717, 1.165) is 19.5 Å². The highest BCUT2D eigenvalue weighted by atomic mass is 19.1. The van der Waals surface area contributed by atoms with Crippen molar-refractivity contribution in [2.45, 2.75) is 19.4 Å². The van der Waals surface area contributed by atoms with Gasteiger partial charge in [0.05, 0.1) is 0 Å². The number of ether oxygens (including phenoxy) is 1. The van der Waals surface area contributed by atoms with E-state index in [2.05, 4.69) is 5.32 Å². The largest absolute Gasteiger partial charge is 0.486 e. The first-order valence-corrected chi connectivity index (χ1v) is 4.90. The summed E-state index contributed by atoms with van der Waals surface area (Å²) in [6.45, 7) is 3.51. The lowest BCUT2D eigenvalue weighted by Gasteiger charge is -2.13. The van der Waals surface area contributed by atoms with Gasteiger partial charge in [0.1, 0.15) is 6.10 Å². The van der Waals surface area contributed by atoms with Crippen LogP contribution >= 0.6 is 0 Å². The second-order valence-corrected chi connectivity index (χ2v) is 3.62. The molecule has 2 rings (SSSR count). The SMILES string of the molecule is Cc1cccc(OC2CCNC2)c1F. The Balaban J connectivity index is 2.11. The van der Waals surface area contributed by atoms with Crippen molar-refractivity contribution in [3.63, 3.8) is 0 Å². The van der Waals surface area contributed by atoms with E-state index in [0.29, 0.717) is 11.3 Å². The average Bonchev–Trinajstić information content (AvgIpc) is 2.66. The van der Waals surface area contributed by atoms with Gasteiger partial charge in [-0.1, -0.05) is 12.1 Å².